The molecule has 3 aromatic rings. The van der Waals surface area contributed by atoms with Crippen LogP contribution in [0.5, 0.6) is 0 Å². The zero-order valence-corrected chi connectivity index (χ0v) is 14.7. The number of aromatic nitrogens is 5. The SMILES string of the molecule is CC(C)CNc1nnc(SCc2cc(=O)n3[nH]cc(C#N)c3n2)s1. The van der Waals surface area contributed by atoms with Crippen LogP contribution in [-0.2, 0) is 5.75 Å². The van der Waals surface area contributed by atoms with Crippen LogP contribution in [0.15, 0.2) is 21.4 Å². The van der Waals surface area contributed by atoms with Crippen molar-refractivity contribution in [2.75, 3.05) is 11.9 Å². The number of aromatic amines is 1. The van der Waals surface area contributed by atoms with Gasteiger partial charge in [-0.25, -0.2) is 9.50 Å². The van der Waals surface area contributed by atoms with Crippen LogP contribution in [0.3, 0.4) is 0 Å². The van der Waals surface area contributed by atoms with Crippen molar-refractivity contribution in [1.29, 1.82) is 5.26 Å². The van der Waals surface area contributed by atoms with Crippen molar-refractivity contribution >= 4 is 33.9 Å². The van der Waals surface area contributed by atoms with E-state index in [-0.39, 0.29) is 5.56 Å². The highest BCUT2D eigenvalue weighted by molar-refractivity contribution is 8.00. The van der Waals surface area contributed by atoms with Crippen molar-refractivity contribution < 1.29 is 0 Å². The van der Waals surface area contributed by atoms with Gasteiger partial charge in [0.1, 0.15) is 11.6 Å². The molecule has 0 amide bonds. The summed E-state index contributed by atoms with van der Waals surface area (Å²) in [4.78, 5) is 16.4. The Morgan fingerprint density at radius 2 is 2.33 bits per heavy atom. The third kappa shape index (κ3) is 3.58. The highest BCUT2D eigenvalue weighted by Gasteiger charge is 2.10. The Kier molecular flexibility index (Phi) is 4.82. The number of nitrogens with one attached hydrogen (secondary N) is 2. The molecule has 2 N–H and O–H groups in total. The zero-order valence-electron chi connectivity index (χ0n) is 13.1. The molecule has 3 heterocycles. The maximum atomic E-state index is 12.0. The average Bonchev–Trinajstić information content (AvgIpc) is 3.17. The van der Waals surface area contributed by atoms with Gasteiger partial charge in [0.25, 0.3) is 5.56 Å². The van der Waals surface area contributed by atoms with Crippen molar-refractivity contribution in [3.05, 3.63) is 33.9 Å². The van der Waals surface area contributed by atoms with Gasteiger partial charge in [-0.15, -0.1) is 10.2 Å². The second-order valence-corrected chi connectivity index (χ2v) is 7.68. The Morgan fingerprint density at radius 3 is 3.08 bits per heavy atom. The van der Waals surface area contributed by atoms with Gasteiger partial charge in [0, 0.05) is 24.6 Å². The maximum Gasteiger partial charge on any atom is 0.272 e. The van der Waals surface area contributed by atoms with Crippen molar-refractivity contribution in [3.63, 3.8) is 0 Å². The number of hydrogen-bond donors (Lipinski definition) is 2. The topological polar surface area (TPSA) is 112 Å². The number of nitrogens with zero attached hydrogens (tertiary/aromatic N) is 5. The first-order valence-corrected chi connectivity index (χ1v) is 9.07. The normalized spacial score (nSPS) is 11.1. The van der Waals surface area contributed by atoms with Gasteiger partial charge in [-0.05, 0) is 5.92 Å². The molecule has 0 aliphatic carbocycles. The highest BCUT2D eigenvalue weighted by atomic mass is 32.2. The third-order valence-electron chi connectivity index (χ3n) is 3.08. The van der Waals surface area contributed by atoms with E-state index in [4.69, 9.17) is 5.26 Å². The fourth-order valence-electron chi connectivity index (χ4n) is 1.95. The summed E-state index contributed by atoms with van der Waals surface area (Å²) in [6.07, 6.45) is 1.47. The molecule has 0 fully saturated rings. The van der Waals surface area contributed by atoms with Gasteiger partial charge in [-0.1, -0.05) is 36.9 Å². The molecule has 10 heteroatoms. The van der Waals surface area contributed by atoms with Crippen molar-refractivity contribution in [2.24, 2.45) is 5.92 Å². The van der Waals surface area contributed by atoms with Crippen LogP contribution in [-0.4, -0.2) is 31.3 Å². The lowest BCUT2D eigenvalue weighted by molar-refractivity contribution is 0.687. The lowest BCUT2D eigenvalue weighted by Gasteiger charge is -2.03. The number of fused-ring (bicyclic) bond motifs is 1. The number of anilines is 1. The van der Waals surface area contributed by atoms with Gasteiger partial charge in [-0.2, -0.15) is 5.26 Å². The standard InChI is InChI=1S/C14H15N7OS2/c1-8(2)5-16-13-19-20-14(24-13)23-7-10-3-11(22)21-12(18-10)9(4-15)6-17-21/h3,6,8,17H,5,7H2,1-2H3,(H,16,19). The molecule has 24 heavy (non-hydrogen) atoms. The van der Waals surface area contributed by atoms with Gasteiger partial charge in [0.05, 0.1) is 5.69 Å². The summed E-state index contributed by atoms with van der Waals surface area (Å²) in [6, 6.07) is 3.47. The van der Waals surface area contributed by atoms with Crippen LogP contribution in [0.4, 0.5) is 5.13 Å². The molecule has 0 unspecified atom stereocenters. The minimum Gasteiger partial charge on any atom is -0.360 e. The average molecular weight is 361 g/mol. The molecule has 0 saturated heterocycles. The summed E-state index contributed by atoms with van der Waals surface area (Å²) < 4.78 is 2.06. The Morgan fingerprint density at radius 1 is 1.50 bits per heavy atom. The van der Waals surface area contributed by atoms with Crippen LogP contribution in [0, 0.1) is 17.2 Å². The highest BCUT2D eigenvalue weighted by Crippen LogP contribution is 2.27. The van der Waals surface area contributed by atoms with E-state index >= 15 is 0 Å². The molecule has 0 bridgehead atoms. The Labute approximate surface area is 145 Å². The summed E-state index contributed by atoms with van der Waals surface area (Å²) >= 11 is 2.93. The number of nitriles is 1. The predicted molar refractivity (Wildman–Crippen MR) is 93.3 cm³/mol. The van der Waals surface area contributed by atoms with Crippen LogP contribution in [0.2, 0.25) is 0 Å². The number of rotatable bonds is 6. The van der Waals surface area contributed by atoms with Gasteiger partial charge in [0.2, 0.25) is 5.13 Å². The van der Waals surface area contributed by atoms with Crippen LogP contribution < -0.4 is 10.9 Å². The zero-order chi connectivity index (χ0) is 17.1. The maximum absolute atomic E-state index is 12.0. The molecule has 0 aromatic carbocycles. The molecule has 3 rings (SSSR count). The quantitative estimate of drug-likeness (QED) is 0.647. The lowest BCUT2D eigenvalue weighted by Crippen LogP contribution is -2.15. The van der Waals surface area contributed by atoms with E-state index in [0.29, 0.717) is 28.6 Å². The van der Waals surface area contributed by atoms with Gasteiger partial charge in [0.15, 0.2) is 9.99 Å². The second-order valence-electron chi connectivity index (χ2n) is 5.48. The Hall–Kier alpha value is -2.38. The van der Waals surface area contributed by atoms with E-state index < -0.39 is 0 Å². The second kappa shape index (κ2) is 7.02. The fourth-order valence-corrected chi connectivity index (χ4v) is 3.60. The number of H-pyrrole nitrogens is 1. The number of thioether (sulfide) groups is 1. The third-order valence-corrected chi connectivity index (χ3v) is 5.13. The predicted octanol–water partition coefficient (Wildman–Crippen LogP) is 2.11. The van der Waals surface area contributed by atoms with Gasteiger partial charge < -0.3 is 5.32 Å². The molecule has 0 atom stereocenters. The largest absolute Gasteiger partial charge is 0.360 e. The first kappa shape index (κ1) is 16.5. The fraction of sp³-hybridized carbons (Fsp3) is 0.357. The Bertz CT molecular complexity index is 950. The van der Waals surface area contributed by atoms with Crippen LogP contribution in [0.1, 0.15) is 25.1 Å². The van der Waals surface area contributed by atoms with Gasteiger partial charge >= 0.3 is 0 Å². The van der Waals surface area contributed by atoms with E-state index in [1.807, 2.05) is 6.07 Å². The molecule has 8 nitrogen and oxygen atoms in total. The minimum absolute atomic E-state index is 0.242. The smallest absolute Gasteiger partial charge is 0.272 e. The van der Waals surface area contributed by atoms with E-state index in [1.54, 1.807) is 0 Å². The van der Waals surface area contributed by atoms with Gasteiger partial charge in [-0.3, -0.25) is 9.89 Å². The molecular formula is C14H15N7OS2. The molecular weight excluding hydrogens is 346 g/mol. The molecule has 0 saturated carbocycles. The van der Waals surface area contributed by atoms with Crippen LogP contribution in [0.25, 0.3) is 5.65 Å². The molecule has 0 aliphatic rings. The monoisotopic (exact) mass is 361 g/mol. The Balaban J connectivity index is 1.72. The van der Waals surface area contributed by atoms with E-state index in [1.165, 1.54) is 39.9 Å². The van der Waals surface area contributed by atoms with Crippen molar-refractivity contribution in [3.8, 4) is 6.07 Å². The number of hydrogen-bond acceptors (Lipinski definition) is 8. The van der Waals surface area contributed by atoms with Crippen molar-refractivity contribution in [2.45, 2.75) is 23.9 Å². The molecule has 124 valence electrons. The molecule has 3 aromatic heterocycles. The minimum atomic E-state index is -0.242. The summed E-state index contributed by atoms with van der Waals surface area (Å²) in [6.45, 7) is 5.10. The van der Waals surface area contributed by atoms with E-state index in [0.717, 1.165) is 16.0 Å². The van der Waals surface area contributed by atoms with Crippen molar-refractivity contribution in [1.82, 2.24) is 24.8 Å². The van der Waals surface area contributed by atoms with Crippen LogP contribution >= 0.6 is 23.1 Å². The lowest BCUT2D eigenvalue weighted by atomic mass is 10.2. The molecule has 0 radical (unpaired) electrons. The summed E-state index contributed by atoms with van der Waals surface area (Å²) in [5, 5.41) is 24.0. The summed E-state index contributed by atoms with van der Waals surface area (Å²) in [7, 11) is 0. The summed E-state index contributed by atoms with van der Waals surface area (Å²) in [5.74, 6) is 1.02. The first-order valence-electron chi connectivity index (χ1n) is 7.27. The van der Waals surface area contributed by atoms with E-state index in [9.17, 15) is 4.79 Å². The summed E-state index contributed by atoms with van der Waals surface area (Å²) in [5.41, 5.74) is 1.05. The molecule has 0 spiro atoms. The molecule has 0 aliphatic heterocycles. The van der Waals surface area contributed by atoms with E-state index in [2.05, 4.69) is 39.4 Å². The first-order chi connectivity index (χ1) is 11.6.